The van der Waals surface area contributed by atoms with Crippen LogP contribution in [0.2, 0.25) is 0 Å². The normalized spacial score (nSPS) is 12.0. The van der Waals surface area contributed by atoms with E-state index in [2.05, 4.69) is 167 Å². The summed E-state index contributed by atoms with van der Waals surface area (Å²) >= 11 is 0. The predicted molar refractivity (Wildman–Crippen MR) is 209 cm³/mol. The molecular weight excluding hydrogens is 577 g/mol. The van der Waals surface area contributed by atoms with Crippen molar-refractivity contribution in [3.05, 3.63) is 155 Å². The van der Waals surface area contributed by atoms with Crippen molar-refractivity contribution >= 4 is 55.7 Å². The third-order valence-corrected chi connectivity index (χ3v) is 10.8. The Morgan fingerprint density at radius 2 is 0.938 bits per heavy atom. The Kier molecular flexibility index (Phi) is 6.36. The van der Waals surface area contributed by atoms with Gasteiger partial charge >= 0.3 is 0 Å². The molecule has 0 amide bonds. The molecule has 1 heterocycles. The van der Waals surface area contributed by atoms with Crippen molar-refractivity contribution in [2.75, 3.05) is 0 Å². The van der Waals surface area contributed by atoms with Gasteiger partial charge in [-0.1, -0.05) is 153 Å². The van der Waals surface area contributed by atoms with Gasteiger partial charge in [-0.25, -0.2) is 0 Å². The van der Waals surface area contributed by atoms with Gasteiger partial charge in [-0.3, -0.25) is 0 Å². The van der Waals surface area contributed by atoms with Gasteiger partial charge in [0.1, 0.15) is 0 Å². The zero-order valence-corrected chi connectivity index (χ0v) is 28.6. The van der Waals surface area contributed by atoms with E-state index in [4.69, 9.17) is 0 Å². The molecular formula is C46H38BN. The second kappa shape index (κ2) is 10.6. The fourth-order valence-electron chi connectivity index (χ4n) is 9.29. The number of aromatic nitrogens is 1. The van der Waals surface area contributed by atoms with Gasteiger partial charge in [-0.15, -0.1) is 0 Å². The summed E-state index contributed by atoms with van der Waals surface area (Å²) in [7, 11) is 0. The van der Waals surface area contributed by atoms with E-state index in [0.717, 1.165) is 0 Å². The molecule has 2 heteroatoms. The van der Waals surface area contributed by atoms with E-state index in [1.807, 2.05) is 0 Å². The lowest BCUT2D eigenvalue weighted by atomic mass is 9.33. The number of hydrogen-bond donors (Lipinski definition) is 0. The fraction of sp³-hybridized carbons (Fsp3) is 0.130. The molecule has 0 saturated carbocycles. The highest BCUT2D eigenvalue weighted by molar-refractivity contribution is 6.97. The molecule has 230 valence electrons. The molecule has 0 unspecified atom stereocenters. The minimum absolute atomic E-state index is 0.0803. The number of nitrogens with zero attached hydrogens (tertiary/aromatic N) is 1. The number of hydrogen-bond acceptors (Lipinski definition) is 0. The zero-order valence-electron chi connectivity index (χ0n) is 28.6. The Hall–Kier alpha value is -5.34. The van der Waals surface area contributed by atoms with Crippen molar-refractivity contribution in [2.24, 2.45) is 0 Å². The van der Waals surface area contributed by atoms with Crippen molar-refractivity contribution < 1.29 is 0 Å². The zero-order chi connectivity index (χ0) is 32.8. The van der Waals surface area contributed by atoms with Crippen LogP contribution >= 0.6 is 0 Å². The second-order valence-electron chi connectivity index (χ2n) is 14.1. The van der Waals surface area contributed by atoms with Gasteiger partial charge in [0.2, 0.25) is 6.71 Å². The number of fused-ring (bicyclic) bond motifs is 6. The number of para-hydroxylation sites is 2. The summed E-state index contributed by atoms with van der Waals surface area (Å²) in [5.41, 5.74) is 21.3. The molecule has 0 fully saturated rings. The van der Waals surface area contributed by atoms with Gasteiger partial charge in [0.25, 0.3) is 0 Å². The number of rotatable bonds is 4. The van der Waals surface area contributed by atoms with Crippen molar-refractivity contribution in [1.29, 1.82) is 0 Å². The van der Waals surface area contributed by atoms with Crippen LogP contribution in [0.4, 0.5) is 0 Å². The first-order valence-electron chi connectivity index (χ1n) is 17.1. The molecule has 1 nitrogen and oxygen atoms in total. The monoisotopic (exact) mass is 615 g/mol. The van der Waals surface area contributed by atoms with Gasteiger partial charge in [0.15, 0.2) is 0 Å². The maximum Gasteiger partial charge on any atom is 0.243 e. The lowest BCUT2D eigenvalue weighted by Gasteiger charge is -2.27. The molecule has 9 rings (SSSR count). The van der Waals surface area contributed by atoms with Crippen LogP contribution in [-0.2, 0) is 0 Å². The van der Waals surface area contributed by atoms with E-state index in [0.29, 0.717) is 0 Å². The molecule has 0 saturated heterocycles. The average Bonchev–Trinajstić information content (AvgIpc) is 3.58. The Morgan fingerprint density at radius 1 is 0.458 bits per heavy atom. The molecule has 0 atom stereocenters. The molecule has 0 spiro atoms. The Labute approximate surface area is 283 Å². The summed E-state index contributed by atoms with van der Waals surface area (Å²) in [6.45, 7) is 13.8. The van der Waals surface area contributed by atoms with Gasteiger partial charge in [-0.2, -0.15) is 0 Å². The van der Waals surface area contributed by atoms with Crippen molar-refractivity contribution in [1.82, 2.24) is 4.57 Å². The summed E-state index contributed by atoms with van der Waals surface area (Å²) in [5.74, 6) is 0. The van der Waals surface area contributed by atoms with Crippen molar-refractivity contribution in [2.45, 2.75) is 41.5 Å². The van der Waals surface area contributed by atoms with Crippen LogP contribution in [0.3, 0.4) is 0 Å². The topological polar surface area (TPSA) is 4.93 Å². The lowest BCUT2D eigenvalue weighted by Crippen LogP contribution is -2.56. The first kappa shape index (κ1) is 28.9. The van der Waals surface area contributed by atoms with E-state index in [-0.39, 0.29) is 6.71 Å². The summed E-state index contributed by atoms with van der Waals surface area (Å²) in [5, 5.41) is 5.23. The van der Waals surface area contributed by atoms with Crippen molar-refractivity contribution in [3.63, 3.8) is 0 Å². The summed E-state index contributed by atoms with van der Waals surface area (Å²) in [4.78, 5) is 0. The van der Waals surface area contributed by atoms with Crippen LogP contribution in [-0.4, -0.2) is 11.3 Å². The standard InChI is InChI=1S/C46H38BN/c1-27-23-29(3)45(30(4)24-27)47(46-31(5)25-28(2)26-32(46)6)38-21-22-41(44-37-18-12-14-33-13-11-17-36(42(33)37)43(38)44)48-39-19-9-7-15-34(39)35-16-8-10-20-40(35)48/h7-26H,1-6H3. The predicted octanol–water partition coefficient (Wildman–Crippen LogP) is 9.95. The third-order valence-electron chi connectivity index (χ3n) is 10.8. The Morgan fingerprint density at radius 3 is 1.46 bits per heavy atom. The first-order chi connectivity index (χ1) is 23.3. The van der Waals surface area contributed by atoms with E-state index in [1.165, 1.54) is 110 Å². The summed E-state index contributed by atoms with van der Waals surface area (Å²) in [6.07, 6.45) is 0. The minimum Gasteiger partial charge on any atom is -0.309 e. The van der Waals surface area contributed by atoms with Crippen LogP contribution in [0.1, 0.15) is 33.4 Å². The maximum absolute atomic E-state index is 2.51. The highest BCUT2D eigenvalue weighted by Crippen LogP contribution is 2.50. The van der Waals surface area contributed by atoms with Crippen LogP contribution < -0.4 is 16.4 Å². The highest BCUT2D eigenvalue weighted by atomic mass is 15.0. The minimum atomic E-state index is 0.0803. The fourth-order valence-corrected chi connectivity index (χ4v) is 9.29. The molecule has 0 aliphatic heterocycles. The molecule has 1 aliphatic rings. The van der Waals surface area contributed by atoms with E-state index in [1.54, 1.807) is 0 Å². The van der Waals surface area contributed by atoms with Crippen molar-refractivity contribution in [3.8, 4) is 27.9 Å². The maximum atomic E-state index is 2.51. The molecule has 1 aliphatic carbocycles. The molecule has 0 bridgehead atoms. The van der Waals surface area contributed by atoms with Crippen LogP contribution in [0.5, 0.6) is 0 Å². The molecule has 0 radical (unpaired) electrons. The lowest BCUT2D eigenvalue weighted by molar-refractivity contribution is 1.19. The Balaban J connectivity index is 1.46. The van der Waals surface area contributed by atoms with E-state index in [9.17, 15) is 0 Å². The first-order valence-corrected chi connectivity index (χ1v) is 17.1. The summed E-state index contributed by atoms with van der Waals surface area (Å²) in [6, 6.07) is 45.8. The third kappa shape index (κ3) is 4.05. The largest absolute Gasteiger partial charge is 0.309 e. The summed E-state index contributed by atoms with van der Waals surface area (Å²) < 4.78 is 2.51. The molecule has 1 aromatic heterocycles. The molecule has 48 heavy (non-hydrogen) atoms. The molecule has 8 aromatic rings. The van der Waals surface area contributed by atoms with Gasteiger partial charge in [0.05, 0.1) is 16.7 Å². The van der Waals surface area contributed by atoms with E-state index >= 15 is 0 Å². The molecule has 7 aromatic carbocycles. The second-order valence-corrected chi connectivity index (χ2v) is 14.1. The van der Waals surface area contributed by atoms with Gasteiger partial charge in [0, 0.05) is 16.3 Å². The smallest absolute Gasteiger partial charge is 0.243 e. The molecule has 0 N–H and O–H groups in total. The van der Waals surface area contributed by atoms with Crippen LogP contribution in [0, 0.1) is 41.5 Å². The van der Waals surface area contributed by atoms with Crippen LogP contribution in [0.15, 0.2) is 121 Å². The van der Waals surface area contributed by atoms with E-state index < -0.39 is 0 Å². The Bertz CT molecular complexity index is 2470. The van der Waals surface area contributed by atoms with Crippen LogP contribution in [0.25, 0.3) is 60.5 Å². The number of benzene rings is 7. The quantitative estimate of drug-likeness (QED) is 0.174. The SMILES string of the molecule is Cc1cc(C)c(B(c2ccc(-n3c4ccccc4c4ccccc43)c3c2-c2cccc4cccc-3c24)c2c(C)cc(C)cc2C)c(C)c1. The average molecular weight is 616 g/mol. The number of aryl methyl sites for hydroxylation is 6. The van der Waals surface area contributed by atoms with Gasteiger partial charge in [-0.05, 0) is 87.2 Å². The highest BCUT2D eigenvalue weighted by Gasteiger charge is 2.35. The van der Waals surface area contributed by atoms with Gasteiger partial charge < -0.3 is 4.57 Å².